The van der Waals surface area contributed by atoms with E-state index in [-0.39, 0.29) is 17.3 Å². The number of hydrogen-bond donors (Lipinski definition) is 0. The minimum Gasteiger partial charge on any atom is -0.296 e. The predicted octanol–water partition coefficient (Wildman–Crippen LogP) is 2.49. The van der Waals surface area contributed by atoms with Gasteiger partial charge in [0.05, 0.1) is 6.26 Å². The van der Waals surface area contributed by atoms with Crippen LogP contribution in [0.1, 0.15) is 30.4 Å². The van der Waals surface area contributed by atoms with Crippen LogP contribution in [0.3, 0.4) is 0 Å². The van der Waals surface area contributed by atoms with E-state index in [1.54, 1.807) is 12.1 Å². The number of alkyl halides is 2. The highest BCUT2D eigenvalue weighted by atomic mass is 32.2. The molecule has 0 N–H and O–H groups in total. The van der Waals surface area contributed by atoms with Crippen molar-refractivity contribution in [1.82, 2.24) is 0 Å². The third kappa shape index (κ3) is 4.31. The first kappa shape index (κ1) is 16.0. The molecule has 21 heavy (non-hydrogen) atoms. The quantitative estimate of drug-likeness (QED) is 0.783. The number of benzene rings is 1. The third-order valence-corrected chi connectivity index (χ3v) is 4.08. The van der Waals surface area contributed by atoms with Crippen LogP contribution in [0.5, 0.6) is 0 Å². The summed E-state index contributed by atoms with van der Waals surface area (Å²) < 4.78 is 51.8. The zero-order chi connectivity index (χ0) is 15.6. The molecule has 4 nitrogen and oxygen atoms in total. The molecule has 0 bridgehead atoms. The zero-order valence-electron chi connectivity index (χ0n) is 11.5. The van der Waals surface area contributed by atoms with E-state index >= 15 is 0 Å². The van der Waals surface area contributed by atoms with Crippen LogP contribution in [-0.4, -0.2) is 26.6 Å². The van der Waals surface area contributed by atoms with Gasteiger partial charge in [-0.2, -0.15) is 8.42 Å². The van der Waals surface area contributed by atoms with Gasteiger partial charge in [-0.15, -0.1) is 0 Å². The summed E-state index contributed by atoms with van der Waals surface area (Å²) >= 11 is 0. The predicted molar refractivity (Wildman–Crippen MR) is 72.6 cm³/mol. The minimum absolute atomic E-state index is 0.0604. The van der Waals surface area contributed by atoms with Gasteiger partial charge in [0, 0.05) is 11.5 Å². The van der Waals surface area contributed by atoms with Crippen LogP contribution >= 0.6 is 0 Å². The average Bonchev–Trinajstić information content (AvgIpc) is 2.70. The molecule has 1 aliphatic rings. The molecule has 2 rings (SSSR count). The first-order valence-electron chi connectivity index (χ1n) is 6.55. The van der Waals surface area contributed by atoms with Gasteiger partial charge in [0.2, 0.25) is 0 Å². The van der Waals surface area contributed by atoms with Gasteiger partial charge in [-0.05, 0) is 24.8 Å². The van der Waals surface area contributed by atoms with Crippen LogP contribution in [0.15, 0.2) is 24.3 Å². The number of carbonyl (C=O) groups excluding carboxylic acids is 1. The van der Waals surface area contributed by atoms with E-state index in [9.17, 15) is 22.0 Å². The Hall–Kier alpha value is -1.34. The number of halogens is 2. The lowest BCUT2D eigenvalue weighted by molar-refractivity contribution is -0.126. The van der Waals surface area contributed by atoms with Crippen molar-refractivity contribution in [2.75, 3.05) is 6.26 Å². The molecule has 7 heteroatoms. The molecule has 116 valence electrons. The van der Waals surface area contributed by atoms with E-state index in [4.69, 9.17) is 4.18 Å². The Bertz CT molecular complexity index is 610. The summed E-state index contributed by atoms with van der Waals surface area (Å²) in [5, 5.41) is 0. The van der Waals surface area contributed by atoms with Crippen LogP contribution in [0.25, 0.3) is 0 Å². The largest absolute Gasteiger partial charge is 0.296 e. The van der Waals surface area contributed by atoms with Crippen LogP contribution in [-0.2, 0) is 25.5 Å². The summed E-state index contributed by atoms with van der Waals surface area (Å²) in [6, 6.07) is 5.81. The van der Waals surface area contributed by atoms with Gasteiger partial charge in [0.15, 0.2) is 5.78 Å². The Kier molecular flexibility index (Phi) is 4.73. The minimum atomic E-state index is -3.66. The van der Waals surface area contributed by atoms with Crippen molar-refractivity contribution in [3.63, 3.8) is 0 Å². The molecule has 0 amide bonds. The van der Waals surface area contributed by atoms with Gasteiger partial charge < -0.3 is 0 Å². The van der Waals surface area contributed by atoms with Crippen LogP contribution in [0, 0.1) is 5.92 Å². The maximum Gasteiger partial charge on any atom is 0.265 e. The molecule has 1 aromatic carbocycles. The molecule has 1 fully saturated rings. The van der Waals surface area contributed by atoms with E-state index in [2.05, 4.69) is 0 Å². The van der Waals surface area contributed by atoms with Gasteiger partial charge in [-0.3, -0.25) is 8.98 Å². The maximum absolute atomic E-state index is 12.4. The van der Waals surface area contributed by atoms with Gasteiger partial charge >= 0.3 is 0 Å². The number of Topliss-reactive ketones (excluding diaryl/α,β-unsaturated/α-hetero) is 1. The van der Waals surface area contributed by atoms with Gasteiger partial charge in [0.25, 0.3) is 16.5 Å². The summed E-state index contributed by atoms with van der Waals surface area (Å²) in [7, 11) is -3.66. The molecule has 0 aromatic heterocycles. The fraction of sp³-hybridized carbons (Fsp3) is 0.500. The van der Waals surface area contributed by atoms with Crippen molar-refractivity contribution in [3.05, 3.63) is 35.4 Å². The first-order chi connectivity index (χ1) is 9.76. The van der Waals surface area contributed by atoms with Crippen molar-refractivity contribution >= 4 is 15.9 Å². The molecule has 0 spiro atoms. The number of ketones is 1. The van der Waals surface area contributed by atoms with E-state index in [1.807, 2.05) is 0 Å². The van der Waals surface area contributed by atoms with Crippen molar-refractivity contribution in [2.45, 2.75) is 31.8 Å². The van der Waals surface area contributed by atoms with E-state index in [0.29, 0.717) is 19.3 Å². The molecule has 0 radical (unpaired) electrons. The monoisotopic (exact) mass is 318 g/mol. The summed E-state index contributed by atoms with van der Waals surface area (Å²) in [4.78, 5) is 12.1. The lowest BCUT2D eigenvalue weighted by Gasteiger charge is -2.11. The van der Waals surface area contributed by atoms with Gasteiger partial charge in [-0.25, -0.2) is 8.78 Å². The highest BCUT2D eigenvalue weighted by molar-refractivity contribution is 7.86. The van der Waals surface area contributed by atoms with Crippen LogP contribution < -0.4 is 0 Å². The molecule has 1 aliphatic carbocycles. The summed E-state index contributed by atoms with van der Waals surface area (Å²) in [5.41, 5.74) is 0.715. The lowest BCUT2D eigenvalue weighted by Crippen LogP contribution is -2.25. The molecule has 1 aromatic rings. The second kappa shape index (κ2) is 6.19. The molecular weight excluding hydrogens is 302 g/mol. The smallest absolute Gasteiger partial charge is 0.265 e. The average molecular weight is 318 g/mol. The zero-order valence-corrected chi connectivity index (χ0v) is 12.3. The number of rotatable bonds is 5. The molecule has 2 atom stereocenters. The maximum atomic E-state index is 12.4. The molecule has 0 heterocycles. The Morgan fingerprint density at radius 1 is 1.24 bits per heavy atom. The molecule has 0 saturated heterocycles. The highest BCUT2D eigenvalue weighted by Crippen LogP contribution is 2.29. The van der Waals surface area contributed by atoms with Crippen molar-refractivity contribution in [3.8, 4) is 0 Å². The van der Waals surface area contributed by atoms with Crippen molar-refractivity contribution in [2.24, 2.45) is 5.92 Å². The fourth-order valence-corrected chi connectivity index (χ4v) is 3.11. The summed E-state index contributed by atoms with van der Waals surface area (Å²) in [5.74, 6) is -0.562. The Labute approximate surface area is 122 Å². The summed E-state index contributed by atoms with van der Waals surface area (Å²) in [6.45, 7) is 0. The van der Waals surface area contributed by atoms with E-state index in [1.165, 1.54) is 12.1 Å². The topological polar surface area (TPSA) is 60.4 Å². The van der Waals surface area contributed by atoms with Gasteiger partial charge in [-0.1, -0.05) is 24.3 Å². The first-order valence-corrected chi connectivity index (χ1v) is 8.37. The van der Waals surface area contributed by atoms with Crippen LogP contribution in [0.2, 0.25) is 0 Å². The van der Waals surface area contributed by atoms with Crippen molar-refractivity contribution < 1.29 is 26.2 Å². The molecule has 1 saturated carbocycles. The molecule has 1 unspecified atom stereocenters. The second-order valence-electron chi connectivity index (χ2n) is 5.21. The standard InChI is InChI=1S/C14H16F2O4S/c1-21(18,19)20-12-7-6-11(13(12)17)8-9-2-4-10(5-3-9)14(15)16/h2-5,11-12,14H,6-8H2,1H3/t11?,12-/m0/s1. The van der Waals surface area contributed by atoms with E-state index < -0.39 is 22.6 Å². The lowest BCUT2D eigenvalue weighted by atomic mass is 9.96. The normalized spacial score (nSPS) is 23.0. The molecular formula is C14H16F2O4S. The highest BCUT2D eigenvalue weighted by Gasteiger charge is 2.36. The van der Waals surface area contributed by atoms with Gasteiger partial charge in [0.1, 0.15) is 6.10 Å². The number of carbonyl (C=O) groups is 1. The van der Waals surface area contributed by atoms with Crippen LogP contribution in [0.4, 0.5) is 8.78 Å². The summed E-state index contributed by atoms with van der Waals surface area (Å²) in [6.07, 6.45) is -1.20. The Balaban J connectivity index is 1.99. The number of hydrogen-bond acceptors (Lipinski definition) is 4. The Morgan fingerprint density at radius 3 is 2.38 bits per heavy atom. The van der Waals surface area contributed by atoms with E-state index in [0.717, 1.165) is 11.8 Å². The SMILES string of the molecule is CS(=O)(=O)O[C@H]1CCC(Cc2ccc(C(F)F)cc2)C1=O. The fourth-order valence-electron chi connectivity index (χ4n) is 2.49. The molecule has 0 aliphatic heterocycles. The second-order valence-corrected chi connectivity index (χ2v) is 6.81. The Morgan fingerprint density at radius 2 is 1.86 bits per heavy atom. The van der Waals surface area contributed by atoms with Crippen molar-refractivity contribution in [1.29, 1.82) is 0 Å². The third-order valence-electron chi connectivity index (χ3n) is 3.50.